The summed E-state index contributed by atoms with van der Waals surface area (Å²) in [7, 11) is -3.29. The maximum atomic E-state index is 11.9. The van der Waals surface area contributed by atoms with Gasteiger partial charge < -0.3 is 0 Å². The van der Waals surface area contributed by atoms with Crippen LogP contribution in [0.25, 0.3) is 0 Å². The summed E-state index contributed by atoms with van der Waals surface area (Å²) in [6, 6.07) is 8.67. The first-order valence-electron chi connectivity index (χ1n) is 5.26. The highest BCUT2D eigenvalue weighted by Gasteiger charge is 2.22. The lowest BCUT2D eigenvalue weighted by Crippen LogP contribution is -2.32. The molecule has 2 rings (SSSR count). The molecule has 1 aliphatic rings. The van der Waals surface area contributed by atoms with Crippen LogP contribution in [0.2, 0.25) is 0 Å². The van der Waals surface area contributed by atoms with Crippen LogP contribution in [0.4, 0.5) is 0 Å². The number of hydrogen-bond acceptors (Lipinski definition) is 2. The van der Waals surface area contributed by atoms with Crippen LogP contribution in [0.15, 0.2) is 35.2 Å². The van der Waals surface area contributed by atoms with Gasteiger partial charge in [-0.15, -0.1) is 0 Å². The smallest absolute Gasteiger partial charge is 0.208 e. The highest BCUT2D eigenvalue weighted by molar-refractivity contribution is 7.89. The SMILES string of the molecule is O=S(=O)(NC1CCCC1)c1ccccc1. The van der Waals surface area contributed by atoms with Gasteiger partial charge in [-0.3, -0.25) is 0 Å². The molecule has 0 spiro atoms. The minimum absolute atomic E-state index is 0.134. The summed E-state index contributed by atoms with van der Waals surface area (Å²) in [4.78, 5) is 0.358. The molecule has 1 fully saturated rings. The Morgan fingerprint density at radius 3 is 2.27 bits per heavy atom. The van der Waals surface area contributed by atoms with Crippen molar-refractivity contribution in [3.8, 4) is 0 Å². The van der Waals surface area contributed by atoms with Gasteiger partial charge in [-0.2, -0.15) is 0 Å². The molecule has 0 amide bonds. The number of benzene rings is 1. The van der Waals surface area contributed by atoms with E-state index >= 15 is 0 Å². The number of hydrogen-bond donors (Lipinski definition) is 1. The van der Waals surface area contributed by atoms with Crippen LogP contribution in [0.1, 0.15) is 25.7 Å². The Bertz CT molecular complexity index is 407. The van der Waals surface area contributed by atoms with Gasteiger partial charge in [-0.25, -0.2) is 13.1 Å². The van der Waals surface area contributed by atoms with Gasteiger partial charge in [0.15, 0.2) is 0 Å². The molecule has 0 aromatic heterocycles. The maximum absolute atomic E-state index is 11.9. The zero-order valence-corrected chi connectivity index (χ0v) is 9.33. The summed E-state index contributed by atoms with van der Waals surface area (Å²) in [6.07, 6.45) is 4.18. The van der Waals surface area contributed by atoms with E-state index in [-0.39, 0.29) is 6.04 Å². The van der Waals surface area contributed by atoms with Crippen molar-refractivity contribution in [2.45, 2.75) is 36.6 Å². The second-order valence-electron chi connectivity index (χ2n) is 3.92. The topological polar surface area (TPSA) is 46.2 Å². The van der Waals surface area contributed by atoms with Crippen LogP contribution in [0, 0.1) is 0 Å². The normalized spacial score (nSPS) is 18.1. The molecule has 0 radical (unpaired) electrons. The Morgan fingerprint density at radius 2 is 1.67 bits per heavy atom. The Hall–Kier alpha value is -0.870. The number of rotatable bonds is 3. The third-order valence-corrected chi connectivity index (χ3v) is 4.27. The molecule has 1 N–H and O–H groups in total. The fourth-order valence-electron chi connectivity index (χ4n) is 1.93. The van der Waals surface area contributed by atoms with Gasteiger partial charge in [-0.05, 0) is 25.0 Å². The summed E-state index contributed by atoms with van der Waals surface area (Å²) in [5, 5.41) is 0. The monoisotopic (exact) mass is 225 g/mol. The lowest BCUT2D eigenvalue weighted by atomic mass is 10.3. The summed E-state index contributed by atoms with van der Waals surface area (Å²) < 4.78 is 26.5. The first-order valence-corrected chi connectivity index (χ1v) is 6.74. The average molecular weight is 225 g/mol. The summed E-state index contributed by atoms with van der Waals surface area (Å²) >= 11 is 0. The van der Waals surface area contributed by atoms with Gasteiger partial charge in [0.2, 0.25) is 10.0 Å². The Balaban J connectivity index is 2.13. The van der Waals surface area contributed by atoms with Gasteiger partial charge in [0.05, 0.1) is 4.90 Å². The molecule has 1 aromatic carbocycles. The molecule has 0 heterocycles. The molecule has 1 saturated carbocycles. The van der Waals surface area contributed by atoms with Crippen molar-refractivity contribution in [3.05, 3.63) is 30.3 Å². The highest BCUT2D eigenvalue weighted by atomic mass is 32.2. The molecule has 4 heteroatoms. The number of sulfonamides is 1. The van der Waals surface area contributed by atoms with Crippen molar-refractivity contribution >= 4 is 10.0 Å². The van der Waals surface area contributed by atoms with E-state index in [4.69, 9.17) is 0 Å². The van der Waals surface area contributed by atoms with Crippen LogP contribution in [-0.4, -0.2) is 14.5 Å². The molecule has 3 nitrogen and oxygen atoms in total. The van der Waals surface area contributed by atoms with E-state index < -0.39 is 10.0 Å². The lowest BCUT2D eigenvalue weighted by molar-refractivity contribution is 0.552. The van der Waals surface area contributed by atoms with E-state index in [9.17, 15) is 8.42 Å². The second-order valence-corrected chi connectivity index (χ2v) is 5.63. The van der Waals surface area contributed by atoms with Gasteiger partial charge >= 0.3 is 0 Å². The van der Waals surface area contributed by atoms with Crippen molar-refractivity contribution in [1.82, 2.24) is 4.72 Å². The van der Waals surface area contributed by atoms with Crippen LogP contribution in [0.3, 0.4) is 0 Å². The molecular weight excluding hydrogens is 210 g/mol. The predicted molar refractivity (Wildman–Crippen MR) is 59.0 cm³/mol. The van der Waals surface area contributed by atoms with Gasteiger partial charge in [0, 0.05) is 6.04 Å². The van der Waals surface area contributed by atoms with Crippen molar-refractivity contribution in [1.29, 1.82) is 0 Å². The van der Waals surface area contributed by atoms with Crippen LogP contribution in [0.5, 0.6) is 0 Å². The van der Waals surface area contributed by atoms with Crippen LogP contribution in [-0.2, 0) is 10.0 Å². The molecule has 1 aromatic rings. The van der Waals surface area contributed by atoms with Gasteiger partial charge in [-0.1, -0.05) is 31.0 Å². The van der Waals surface area contributed by atoms with Crippen molar-refractivity contribution < 1.29 is 8.42 Å². The Kier molecular flexibility index (Phi) is 3.07. The van der Waals surface area contributed by atoms with E-state index in [1.807, 2.05) is 6.07 Å². The van der Waals surface area contributed by atoms with Crippen molar-refractivity contribution in [2.75, 3.05) is 0 Å². The van der Waals surface area contributed by atoms with E-state index in [1.54, 1.807) is 24.3 Å². The summed E-state index contributed by atoms with van der Waals surface area (Å²) in [6.45, 7) is 0. The molecule has 0 saturated heterocycles. The van der Waals surface area contributed by atoms with Crippen LogP contribution >= 0.6 is 0 Å². The van der Waals surface area contributed by atoms with E-state index in [2.05, 4.69) is 4.72 Å². The third-order valence-electron chi connectivity index (χ3n) is 2.73. The quantitative estimate of drug-likeness (QED) is 0.854. The highest BCUT2D eigenvalue weighted by Crippen LogP contribution is 2.20. The Labute approximate surface area is 90.6 Å². The molecule has 82 valence electrons. The Morgan fingerprint density at radius 1 is 1.07 bits per heavy atom. The molecule has 15 heavy (non-hydrogen) atoms. The zero-order chi connectivity index (χ0) is 10.7. The van der Waals surface area contributed by atoms with Gasteiger partial charge in [0.1, 0.15) is 0 Å². The zero-order valence-electron chi connectivity index (χ0n) is 8.52. The van der Waals surface area contributed by atoms with E-state index in [0.29, 0.717) is 4.90 Å². The molecule has 0 atom stereocenters. The summed E-state index contributed by atoms with van der Waals surface area (Å²) in [5.41, 5.74) is 0. The lowest BCUT2D eigenvalue weighted by Gasteiger charge is -2.12. The van der Waals surface area contributed by atoms with Gasteiger partial charge in [0.25, 0.3) is 0 Å². The predicted octanol–water partition coefficient (Wildman–Crippen LogP) is 1.91. The second kappa shape index (κ2) is 4.33. The van der Waals surface area contributed by atoms with Crippen molar-refractivity contribution in [2.24, 2.45) is 0 Å². The minimum atomic E-state index is -3.29. The molecule has 1 aliphatic carbocycles. The van der Waals surface area contributed by atoms with E-state index in [1.165, 1.54) is 0 Å². The average Bonchev–Trinajstić information content (AvgIpc) is 2.71. The molecule has 0 bridgehead atoms. The first-order chi connectivity index (χ1) is 7.18. The minimum Gasteiger partial charge on any atom is -0.208 e. The first kappa shape index (κ1) is 10.6. The molecular formula is C11H15NO2S. The summed E-state index contributed by atoms with van der Waals surface area (Å²) in [5.74, 6) is 0. The van der Waals surface area contributed by atoms with Crippen molar-refractivity contribution in [3.63, 3.8) is 0 Å². The molecule has 0 unspecified atom stereocenters. The number of nitrogens with one attached hydrogen (secondary N) is 1. The fourth-order valence-corrected chi connectivity index (χ4v) is 3.26. The van der Waals surface area contributed by atoms with E-state index in [0.717, 1.165) is 25.7 Å². The largest absolute Gasteiger partial charge is 0.240 e. The maximum Gasteiger partial charge on any atom is 0.240 e. The third kappa shape index (κ3) is 2.58. The standard InChI is InChI=1S/C11H15NO2S/c13-15(14,11-8-2-1-3-9-11)12-10-6-4-5-7-10/h1-3,8-10,12H,4-7H2. The fraction of sp³-hybridized carbons (Fsp3) is 0.455. The van der Waals surface area contributed by atoms with Crippen LogP contribution < -0.4 is 4.72 Å². The molecule has 0 aliphatic heterocycles.